The van der Waals surface area contributed by atoms with Gasteiger partial charge in [0.25, 0.3) is 0 Å². The highest BCUT2D eigenvalue weighted by molar-refractivity contribution is 14.1. The summed E-state index contributed by atoms with van der Waals surface area (Å²) in [6, 6.07) is 7.91. The van der Waals surface area contributed by atoms with Gasteiger partial charge in [0.05, 0.1) is 6.61 Å². The van der Waals surface area contributed by atoms with Crippen LogP contribution in [0.15, 0.2) is 42.0 Å². The zero-order valence-electron chi connectivity index (χ0n) is 13.3. The average Bonchev–Trinajstić information content (AvgIpc) is 2.56. The molecular formula is C18H27IN2O. The molecule has 0 spiro atoms. The molecule has 0 unspecified atom stereocenters. The second-order valence-corrected chi connectivity index (χ2v) is 6.37. The number of unbranched alkanes of at least 4 members (excludes halogenated alkanes) is 7. The minimum absolute atomic E-state index is 0.790. The second-order valence-electron chi connectivity index (χ2n) is 5.34. The van der Waals surface area contributed by atoms with Gasteiger partial charge in [-0.15, -0.1) is 6.58 Å². The van der Waals surface area contributed by atoms with Gasteiger partial charge >= 0.3 is 0 Å². The Bertz CT molecular complexity index is 443. The molecule has 0 aliphatic rings. The maximum Gasteiger partial charge on any atom is 0.128 e. The summed E-state index contributed by atoms with van der Waals surface area (Å²) in [6.45, 7) is 4.53. The molecule has 0 aromatic heterocycles. The maximum atomic E-state index is 5.75. The average molecular weight is 414 g/mol. The Morgan fingerprint density at radius 3 is 2.23 bits per heavy atom. The van der Waals surface area contributed by atoms with E-state index >= 15 is 0 Å². The predicted octanol–water partition coefficient (Wildman–Crippen LogP) is 5.43. The lowest BCUT2D eigenvalue weighted by atomic mass is 10.1. The molecule has 0 aliphatic heterocycles. The largest absolute Gasteiger partial charge is 0.494 e. The van der Waals surface area contributed by atoms with Crippen molar-refractivity contribution >= 4 is 26.3 Å². The highest BCUT2D eigenvalue weighted by Crippen LogP contribution is 2.15. The van der Waals surface area contributed by atoms with Crippen LogP contribution in [-0.4, -0.2) is 10.3 Å². The topological polar surface area (TPSA) is 47.6 Å². The van der Waals surface area contributed by atoms with Crippen LogP contribution in [0.1, 0.15) is 56.9 Å². The van der Waals surface area contributed by atoms with Crippen molar-refractivity contribution in [3.8, 4) is 5.75 Å². The predicted molar refractivity (Wildman–Crippen MR) is 104 cm³/mol. The molecule has 22 heavy (non-hydrogen) atoms. The van der Waals surface area contributed by atoms with Gasteiger partial charge in [-0.2, -0.15) is 5.10 Å². The number of nitrogens with zero attached hydrogens (tertiary/aromatic N) is 1. The SMILES string of the molecule is C=CCCCCCCCCCOc1ccc(/C(I)=N/N)cc1. The molecule has 0 saturated carbocycles. The van der Waals surface area contributed by atoms with Gasteiger partial charge in [0, 0.05) is 5.56 Å². The van der Waals surface area contributed by atoms with E-state index in [1.54, 1.807) is 0 Å². The number of halogens is 1. The van der Waals surface area contributed by atoms with E-state index in [1.807, 2.05) is 30.3 Å². The van der Waals surface area contributed by atoms with Crippen LogP contribution in [0.3, 0.4) is 0 Å². The highest BCUT2D eigenvalue weighted by atomic mass is 127. The van der Waals surface area contributed by atoms with Crippen molar-refractivity contribution in [2.75, 3.05) is 6.61 Å². The summed E-state index contributed by atoms with van der Waals surface area (Å²) in [5.74, 6) is 6.17. The fourth-order valence-electron chi connectivity index (χ4n) is 2.23. The normalized spacial score (nSPS) is 11.4. The van der Waals surface area contributed by atoms with Crippen LogP contribution in [0.5, 0.6) is 5.75 Å². The van der Waals surface area contributed by atoms with Crippen LogP contribution >= 0.6 is 22.6 Å². The molecule has 3 nitrogen and oxygen atoms in total. The lowest BCUT2D eigenvalue weighted by molar-refractivity contribution is 0.304. The molecule has 0 radical (unpaired) electrons. The Balaban J connectivity index is 2.04. The molecular weight excluding hydrogens is 387 g/mol. The number of rotatable bonds is 12. The Kier molecular flexibility index (Phi) is 10.8. The summed E-state index contributed by atoms with van der Waals surface area (Å²) in [5, 5.41) is 3.67. The van der Waals surface area contributed by atoms with Gasteiger partial charge in [-0.1, -0.05) is 38.2 Å². The number of hydrogen-bond donors (Lipinski definition) is 1. The summed E-state index contributed by atoms with van der Waals surface area (Å²) in [6.07, 6.45) is 12.1. The van der Waals surface area contributed by atoms with E-state index in [0.29, 0.717) is 0 Å². The zero-order chi connectivity index (χ0) is 16.0. The molecule has 0 atom stereocenters. The van der Waals surface area contributed by atoms with Crippen molar-refractivity contribution < 1.29 is 4.74 Å². The fourth-order valence-corrected chi connectivity index (χ4v) is 2.59. The number of ether oxygens (including phenoxy) is 1. The monoisotopic (exact) mass is 414 g/mol. The number of nitrogens with two attached hydrogens (primary N) is 1. The standard InChI is InChI=1S/C18H27IN2O/c1-2-3-4-5-6-7-8-9-10-15-22-17-13-11-16(12-14-17)18(19)21-20/h2,11-14H,1,3-10,15,20H2/b21-18-. The minimum atomic E-state index is 0.790. The van der Waals surface area contributed by atoms with Crippen molar-refractivity contribution in [2.24, 2.45) is 10.9 Å². The summed E-state index contributed by atoms with van der Waals surface area (Å²) < 4.78 is 6.55. The Morgan fingerprint density at radius 1 is 1.05 bits per heavy atom. The van der Waals surface area contributed by atoms with Gasteiger partial charge in [0.2, 0.25) is 0 Å². The molecule has 0 saturated heterocycles. The van der Waals surface area contributed by atoms with Gasteiger partial charge in [0.1, 0.15) is 9.47 Å². The first kappa shape index (κ1) is 19.0. The van der Waals surface area contributed by atoms with Crippen LogP contribution in [-0.2, 0) is 0 Å². The summed E-state index contributed by atoms with van der Waals surface area (Å²) >= 11 is 2.12. The molecule has 1 rings (SSSR count). The molecule has 4 heteroatoms. The van der Waals surface area contributed by atoms with Crippen LogP contribution in [0.4, 0.5) is 0 Å². The molecule has 0 amide bonds. The third-order valence-corrected chi connectivity index (χ3v) is 4.43. The first-order valence-electron chi connectivity index (χ1n) is 8.05. The van der Waals surface area contributed by atoms with Gasteiger partial charge in [-0.25, -0.2) is 0 Å². The molecule has 2 N–H and O–H groups in total. The second kappa shape index (κ2) is 12.5. The van der Waals surface area contributed by atoms with E-state index in [4.69, 9.17) is 10.6 Å². The molecule has 1 aromatic carbocycles. The fraction of sp³-hybridized carbons (Fsp3) is 0.500. The number of benzene rings is 1. The zero-order valence-corrected chi connectivity index (χ0v) is 15.4. The van der Waals surface area contributed by atoms with E-state index < -0.39 is 0 Å². The van der Waals surface area contributed by atoms with Crippen molar-refractivity contribution in [1.29, 1.82) is 0 Å². The first-order chi connectivity index (χ1) is 10.8. The van der Waals surface area contributed by atoms with E-state index in [2.05, 4.69) is 34.3 Å². The Hall–Kier alpha value is -1.04. The number of hydrogen-bond acceptors (Lipinski definition) is 3. The Labute approximate surface area is 148 Å². The minimum Gasteiger partial charge on any atom is -0.494 e. The smallest absolute Gasteiger partial charge is 0.128 e. The molecule has 0 aliphatic carbocycles. The highest BCUT2D eigenvalue weighted by Gasteiger charge is 1.99. The van der Waals surface area contributed by atoms with Crippen molar-refractivity contribution in [1.82, 2.24) is 0 Å². The van der Waals surface area contributed by atoms with Gasteiger partial charge in [-0.05, 0) is 66.1 Å². The summed E-state index contributed by atoms with van der Waals surface area (Å²) in [7, 11) is 0. The molecule has 1 aromatic rings. The third-order valence-electron chi connectivity index (χ3n) is 3.53. The molecule has 0 bridgehead atoms. The third kappa shape index (κ3) is 8.41. The number of hydrazone groups is 1. The van der Waals surface area contributed by atoms with E-state index in [9.17, 15) is 0 Å². The molecule has 0 heterocycles. The van der Waals surface area contributed by atoms with Crippen LogP contribution < -0.4 is 10.6 Å². The summed E-state index contributed by atoms with van der Waals surface area (Å²) in [5.41, 5.74) is 1.02. The van der Waals surface area contributed by atoms with Crippen LogP contribution in [0.25, 0.3) is 0 Å². The van der Waals surface area contributed by atoms with E-state index in [-0.39, 0.29) is 0 Å². The number of allylic oxidation sites excluding steroid dienone is 1. The van der Waals surface area contributed by atoms with Crippen molar-refractivity contribution in [2.45, 2.75) is 51.4 Å². The van der Waals surface area contributed by atoms with Crippen LogP contribution in [0, 0.1) is 0 Å². The maximum absolute atomic E-state index is 5.75. The van der Waals surface area contributed by atoms with Crippen molar-refractivity contribution in [3.05, 3.63) is 42.5 Å². The van der Waals surface area contributed by atoms with E-state index in [0.717, 1.165) is 34.5 Å². The molecule has 0 fully saturated rings. The first-order valence-corrected chi connectivity index (χ1v) is 9.13. The summed E-state index contributed by atoms with van der Waals surface area (Å²) in [4.78, 5) is 0. The van der Waals surface area contributed by atoms with Crippen LogP contribution in [0.2, 0.25) is 0 Å². The Morgan fingerprint density at radius 2 is 1.64 bits per heavy atom. The quantitative estimate of drug-likeness (QED) is 0.124. The van der Waals surface area contributed by atoms with Gasteiger partial charge < -0.3 is 10.6 Å². The molecule has 122 valence electrons. The van der Waals surface area contributed by atoms with Gasteiger partial charge in [0.15, 0.2) is 0 Å². The lowest BCUT2D eigenvalue weighted by Crippen LogP contribution is -1.98. The van der Waals surface area contributed by atoms with E-state index in [1.165, 1.54) is 38.5 Å². The van der Waals surface area contributed by atoms with Gasteiger partial charge in [-0.3, -0.25) is 0 Å². The van der Waals surface area contributed by atoms with Crippen molar-refractivity contribution in [3.63, 3.8) is 0 Å². The lowest BCUT2D eigenvalue weighted by Gasteiger charge is -2.07.